The molecule has 214 valence electrons. The summed E-state index contributed by atoms with van der Waals surface area (Å²) < 4.78 is 32.3. The summed E-state index contributed by atoms with van der Waals surface area (Å²) >= 11 is 6.19. The second-order valence-corrected chi connectivity index (χ2v) is 11.8. The van der Waals surface area contributed by atoms with Gasteiger partial charge in [0, 0.05) is 24.5 Å². The minimum absolute atomic E-state index is 0.114. The van der Waals surface area contributed by atoms with Gasteiger partial charge in [-0.15, -0.1) is 0 Å². The fourth-order valence-electron chi connectivity index (χ4n) is 4.29. The van der Waals surface area contributed by atoms with E-state index in [0.717, 1.165) is 34.5 Å². The number of amides is 2. The number of carbonyl (C=O) groups excluding carboxylic acids is 2. The van der Waals surface area contributed by atoms with Crippen LogP contribution in [0.25, 0.3) is 0 Å². The van der Waals surface area contributed by atoms with Gasteiger partial charge in [-0.3, -0.25) is 13.9 Å². The predicted molar refractivity (Wildman–Crippen MR) is 159 cm³/mol. The van der Waals surface area contributed by atoms with E-state index in [1.807, 2.05) is 67.6 Å². The van der Waals surface area contributed by atoms with Crippen molar-refractivity contribution in [3.63, 3.8) is 0 Å². The molecule has 10 heteroatoms. The number of sulfonamides is 1. The Bertz CT molecular complexity index is 1370. The fraction of sp³-hybridized carbons (Fsp3) is 0.333. The molecule has 8 nitrogen and oxygen atoms in total. The third kappa shape index (κ3) is 8.72. The Kier molecular flexibility index (Phi) is 11.4. The first-order valence-corrected chi connectivity index (χ1v) is 15.3. The molecule has 1 unspecified atom stereocenters. The first-order chi connectivity index (χ1) is 19.1. The van der Waals surface area contributed by atoms with Crippen LogP contribution in [0.15, 0.2) is 78.9 Å². The summed E-state index contributed by atoms with van der Waals surface area (Å²) in [6, 6.07) is 22.4. The highest BCUT2D eigenvalue weighted by molar-refractivity contribution is 7.92. The van der Waals surface area contributed by atoms with Crippen LogP contribution < -0.4 is 14.4 Å². The number of halogens is 1. The van der Waals surface area contributed by atoms with E-state index in [1.54, 1.807) is 12.1 Å². The Morgan fingerprint density at radius 1 is 0.975 bits per heavy atom. The molecular weight excluding hydrogens is 550 g/mol. The number of rotatable bonds is 14. The number of benzene rings is 3. The Morgan fingerprint density at radius 2 is 1.60 bits per heavy atom. The highest BCUT2D eigenvalue weighted by atomic mass is 35.5. The van der Waals surface area contributed by atoms with Crippen molar-refractivity contribution in [3.05, 3.63) is 95.0 Å². The second-order valence-electron chi connectivity index (χ2n) is 9.44. The van der Waals surface area contributed by atoms with E-state index in [9.17, 15) is 18.0 Å². The maximum atomic E-state index is 14.1. The van der Waals surface area contributed by atoms with E-state index in [0.29, 0.717) is 6.54 Å². The number of nitrogens with zero attached hydrogens (tertiary/aromatic N) is 2. The van der Waals surface area contributed by atoms with Crippen LogP contribution in [0.4, 0.5) is 5.69 Å². The van der Waals surface area contributed by atoms with Gasteiger partial charge in [0.1, 0.15) is 18.3 Å². The molecule has 3 rings (SSSR count). The number of methoxy groups -OCH3 is 1. The van der Waals surface area contributed by atoms with Gasteiger partial charge in [-0.05, 0) is 35.7 Å². The van der Waals surface area contributed by atoms with Crippen molar-refractivity contribution in [3.8, 4) is 5.75 Å². The van der Waals surface area contributed by atoms with E-state index >= 15 is 0 Å². The lowest BCUT2D eigenvalue weighted by molar-refractivity contribution is -0.140. The lowest BCUT2D eigenvalue weighted by Gasteiger charge is -2.33. The van der Waals surface area contributed by atoms with Crippen LogP contribution >= 0.6 is 11.6 Å². The Morgan fingerprint density at radius 3 is 2.17 bits per heavy atom. The summed E-state index contributed by atoms with van der Waals surface area (Å²) in [4.78, 5) is 29.1. The van der Waals surface area contributed by atoms with Crippen molar-refractivity contribution in [2.75, 3.05) is 30.8 Å². The highest BCUT2D eigenvalue weighted by Crippen LogP contribution is 2.33. The zero-order valence-corrected chi connectivity index (χ0v) is 24.6. The molecule has 2 amide bonds. The highest BCUT2D eigenvalue weighted by Gasteiger charge is 2.33. The molecule has 0 spiro atoms. The van der Waals surface area contributed by atoms with Gasteiger partial charge in [0.05, 0.1) is 19.1 Å². The molecule has 3 aromatic rings. The third-order valence-electron chi connectivity index (χ3n) is 6.39. The largest absolute Gasteiger partial charge is 0.495 e. The molecule has 0 aliphatic heterocycles. The maximum Gasteiger partial charge on any atom is 0.244 e. The van der Waals surface area contributed by atoms with Crippen LogP contribution in [0.1, 0.15) is 30.9 Å². The molecule has 1 N–H and O–H groups in total. The van der Waals surface area contributed by atoms with Crippen LogP contribution in [0.5, 0.6) is 5.75 Å². The monoisotopic (exact) mass is 585 g/mol. The predicted octanol–water partition coefficient (Wildman–Crippen LogP) is 4.67. The van der Waals surface area contributed by atoms with Gasteiger partial charge in [0.2, 0.25) is 21.8 Å². The Labute approximate surface area is 241 Å². The second kappa shape index (κ2) is 14.7. The van der Waals surface area contributed by atoms with Crippen molar-refractivity contribution < 1.29 is 22.7 Å². The molecule has 3 aromatic carbocycles. The SMILES string of the molecule is CCCCNC(=O)C(Cc1ccccc1)N(Cc1ccccc1)C(=O)CN(c1cc(Cl)ccc1OC)S(C)(=O)=O. The van der Waals surface area contributed by atoms with E-state index in [4.69, 9.17) is 16.3 Å². The number of hydrogen-bond acceptors (Lipinski definition) is 5. The quantitative estimate of drug-likeness (QED) is 0.277. The molecule has 0 saturated carbocycles. The van der Waals surface area contributed by atoms with Gasteiger partial charge in [-0.1, -0.05) is 85.6 Å². The minimum atomic E-state index is -3.94. The van der Waals surface area contributed by atoms with Crippen molar-refractivity contribution in [2.45, 2.75) is 38.8 Å². The van der Waals surface area contributed by atoms with Gasteiger partial charge in [0.25, 0.3) is 0 Å². The van der Waals surface area contributed by atoms with Gasteiger partial charge in [0.15, 0.2) is 0 Å². The minimum Gasteiger partial charge on any atom is -0.495 e. The van der Waals surface area contributed by atoms with Gasteiger partial charge >= 0.3 is 0 Å². The van der Waals surface area contributed by atoms with E-state index < -0.39 is 28.5 Å². The number of unbranched alkanes of at least 4 members (excludes halogenated alkanes) is 1. The first-order valence-electron chi connectivity index (χ1n) is 13.1. The molecule has 0 radical (unpaired) electrons. The van der Waals surface area contributed by atoms with Crippen LogP contribution in [-0.4, -0.2) is 57.6 Å². The summed E-state index contributed by atoms with van der Waals surface area (Å²) in [6.45, 7) is 2.07. The molecule has 0 bridgehead atoms. The number of anilines is 1. The molecule has 0 aliphatic rings. The standard InChI is InChI=1S/C30H36ClN3O5S/c1-4-5-18-32-30(36)27(19-23-12-8-6-9-13-23)33(21-24-14-10-7-11-15-24)29(35)22-34(40(3,37)38)26-20-25(31)16-17-28(26)39-2/h6-17,20,27H,4-5,18-19,21-22H2,1-3H3,(H,32,36). The number of carbonyl (C=O) groups is 2. The summed E-state index contributed by atoms with van der Waals surface area (Å²) in [6.07, 6.45) is 2.98. The molecule has 1 atom stereocenters. The first kappa shape index (κ1) is 31.0. The van der Waals surface area contributed by atoms with Gasteiger partial charge in [-0.25, -0.2) is 8.42 Å². The number of ether oxygens (including phenoxy) is 1. The summed E-state index contributed by atoms with van der Waals surface area (Å²) in [7, 11) is -2.53. The van der Waals surface area contributed by atoms with Gasteiger partial charge in [-0.2, -0.15) is 0 Å². The smallest absolute Gasteiger partial charge is 0.244 e. The van der Waals surface area contributed by atoms with Crippen LogP contribution in [0.2, 0.25) is 5.02 Å². The van der Waals surface area contributed by atoms with Gasteiger partial charge < -0.3 is 15.0 Å². The van der Waals surface area contributed by atoms with E-state index in [-0.39, 0.29) is 35.3 Å². The molecule has 40 heavy (non-hydrogen) atoms. The van der Waals surface area contributed by atoms with Crippen LogP contribution in [0, 0.1) is 0 Å². The fourth-order valence-corrected chi connectivity index (χ4v) is 5.30. The topological polar surface area (TPSA) is 96.0 Å². The average Bonchev–Trinajstić information content (AvgIpc) is 2.94. The lowest BCUT2D eigenvalue weighted by Crippen LogP contribution is -2.53. The van der Waals surface area contributed by atoms with E-state index in [2.05, 4.69) is 5.32 Å². The molecule has 0 aromatic heterocycles. The van der Waals surface area contributed by atoms with Crippen LogP contribution in [0.3, 0.4) is 0 Å². The number of nitrogens with one attached hydrogen (secondary N) is 1. The Balaban J connectivity index is 2.05. The molecule has 0 fully saturated rings. The normalized spacial score (nSPS) is 11.9. The van der Waals surface area contributed by atoms with Crippen molar-refractivity contribution in [1.29, 1.82) is 0 Å². The lowest BCUT2D eigenvalue weighted by atomic mass is 10.0. The molecule has 0 aliphatic carbocycles. The van der Waals surface area contributed by atoms with Crippen molar-refractivity contribution >= 4 is 39.1 Å². The Hall–Kier alpha value is -3.56. The maximum absolute atomic E-state index is 14.1. The summed E-state index contributed by atoms with van der Waals surface area (Å²) in [5, 5.41) is 3.25. The zero-order valence-electron chi connectivity index (χ0n) is 23.0. The summed E-state index contributed by atoms with van der Waals surface area (Å²) in [5.74, 6) is -0.592. The molecular formula is C30H36ClN3O5S. The van der Waals surface area contributed by atoms with Crippen molar-refractivity contribution in [2.24, 2.45) is 0 Å². The number of hydrogen-bond donors (Lipinski definition) is 1. The molecule has 0 heterocycles. The van der Waals surface area contributed by atoms with Crippen molar-refractivity contribution in [1.82, 2.24) is 10.2 Å². The zero-order chi connectivity index (χ0) is 29.1. The summed E-state index contributed by atoms with van der Waals surface area (Å²) in [5.41, 5.74) is 1.82. The average molecular weight is 586 g/mol. The molecule has 0 saturated heterocycles. The third-order valence-corrected chi connectivity index (χ3v) is 7.75. The van der Waals surface area contributed by atoms with E-state index in [1.165, 1.54) is 18.1 Å². The van der Waals surface area contributed by atoms with Crippen LogP contribution in [-0.2, 0) is 32.6 Å².